The van der Waals surface area contributed by atoms with Gasteiger partial charge in [-0.15, -0.1) is 0 Å². The molecule has 0 amide bonds. The van der Waals surface area contributed by atoms with Gasteiger partial charge in [0, 0.05) is 5.56 Å². The normalized spacial score (nSPS) is 23.7. The van der Waals surface area contributed by atoms with Gasteiger partial charge in [0.05, 0.1) is 33.3 Å². The van der Waals surface area contributed by atoms with E-state index in [0.717, 1.165) is 41.8 Å². The fourth-order valence-corrected chi connectivity index (χ4v) is 4.39. The van der Waals surface area contributed by atoms with E-state index in [1.807, 2.05) is 24.3 Å². The molecule has 5 nitrogen and oxygen atoms in total. The van der Waals surface area contributed by atoms with Gasteiger partial charge in [-0.1, -0.05) is 36.4 Å². The van der Waals surface area contributed by atoms with Gasteiger partial charge in [0.15, 0.2) is 0 Å². The Bertz CT molecular complexity index is 908. The van der Waals surface area contributed by atoms with Crippen molar-refractivity contribution in [2.75, 3.05) is 27.4 Å². The number of ether oxygens (including phenoxy) is 3. The lowest BCUT2D eigenvalue weighted by atomic mass is 9.81. The minimum atomic E-state index is -0.377. The Morgan fingerprint density at radius 2 is 2.03 bits per heavy atom. The van der Waals surface area contributed by atoms with Gasteiger partial charge in [0.1, 0.15) is 11.4 Å². The number of methoxy groups -OCH3 is 2. The maximum Gasteiger partial charge on any atom is 0.309 e. The largest absolute Gasteiger partial charge is 0.496 e. The Balaban J connectivity index is 1.70. The molecule has 2 aliphatic heterocycles. The number of hydrogen-bond donors (Lipinski definition) is 1. The van der Waals surface area contributed by atoms with Gasteiger partial charge in [0.25, 0.3) is 0 Å². The van der Waals surface area contributed by atoms with Crippen LogP contribution in [0.3, 0.4) is 0 Å². The second kappa shape index (κ2) is 8.39. The Morgan fingerprint density at radius 1 is 1.21 bits per heavy atom. The summed E-state index contributed by atoms with van der Waals surface area (Å²) < 4.78 is 16.9. The van der Waals surface area contributed by atoms with E-state index in [1.54, 1.807) is 7.11 Å². The van der Waals surface area contributed by atoms with Gasteiger partial charge >= 0.3 is 5.97 Å². The SMILES string of the molecule is COC(=O)Cc1ccc(OC)c(C2=C[C@@]3(CCCN[C@H]3c3ccccc3)OC2)c1. The zero-order valence-corrected chi connectivity index (χ0v) is 16.9. The maximum absolute atomic E-state index is 11.7. The number of carbonyl (C=O) groups excluding carboxylic acids is 1. The summed E-state index contributed by atoms with van der Waals surface area (Å²) in [6, 6.07) is 16.4. The van der Waals surface area contributed by atoms with Crippen LogP contribution in [-0.2, 0) is 20.7 Å². The topological polar surface area (TPSA) is 56.8 Å². The predicted molar refractivity (Wildman–Crippen MR) is 112 cm³/mol. The molecule has 2 aromatic rings. The van der Waals surface area contributed by atoms with Crippen molar-refractivity contribution in [1.82, 2.24) is 5.32 Å². The zero-order valence-electron chi connectivity index (χ0n) is 16.9. The second-order valence-corrected chi connectivity index (χ2v) is 7.60. The van der Waals surface area contributed by atoms with Crippen LogP contribution >= 0.6 is 0 Å². The molecule has 1 spiro atoms. The Labute approximate surface area is 171 Å². The van der Waals surface area contributed by atoms with Crippen LogP contribution in [0.4, 0.5) is 0 Å². The van der Waals surface area contributed by atoms with Crippen LogP contribution in [0, 0.1) is 0 Å². The van der Waals surface area contributed by atoms with Crippen LogP contribution in [-0.4, -0.2) is 38.9 Å². The molecular weight excluding hydrogens is 366 g/mol. The summed E-state index contributed by atoms with van der Waals surface area (Å²) >= 11 is 0. The smallest absolute Gasteiger partial charge is 0.309 e. The van der Waals surface area contributed by atoms with Crippen LogP contribution in [0.5, 0.6) is 5.75 Å². The third-order valence-corrected chi connectivity index (χ3v) is 5.82. The van der Waals surface area contributed by atoms with Crippen molar-refractivity contribution < 1.29 is 19.0 Å². The quantitative estimate of drug-likeness (QED) is 0.786. The number of carbonyl (C=O) groups is 1. The molecule has 2 aliphatic rings. The van der Waals surface area contributed by atoms with E-state index in [-0.39, 0.29) is 24.0 Å². The molecule has 5 heteroatoms. The second-order valence-electron chi connectivity index (χ2n) is 7.60. The average molecular weight is 393 g/mol. The van der Waals surface area contributed by atoms with E-state index in [0.29, 0.717) is 6.61 Å². The summed E-state index contributed by atoms with van der Waals surface area (Å²) in [5.74, 6) is 0.528. The van der Waals surface area contributed by atoms with E-state index in [2.05, 4.69) is 35.7 Å². The van der Waals surface area contributed by atoms with Gasteiger partial charge in [-0.2, -0.15) is 0 Å². The molecule has 0 aromatic heterocycles. The van der Waals surface area contributed by atoms with Crippen molar-refractivity contribution in [2.24, 2.45) is 0 Å². The van der Waals surface area contributed by atoms with Crippen LogP contribution in [0.25, 0.3) is 5.57 Å². The summed E-state index contributed by atoms with van der Waals surface area (Å²) in [6.45, 7) is 1.49. The van der Waals surface area contributed by atoms with Gasteiger partial charge in [-0.05, 0) is 54.3 Å². The van der Waals surface area contributed by atoms with Gasteiger partial charge in [-0.25, -0.2) is 0 Å². The minimum absolute atomic E-state index is 0.110. The van der Waals surface area contributed by atoms with Crippen LogP contribution in [0.2, 0.25) is 0 Å². The van der Waals surface area contributed by atoms with Crippen molar-refractivity contribution >= 4 is 11.5 Å². The molecule has 0 unspecified atom stereocenters. The fourth-order valence-electron chi connectivity index (χ4n) is 4.39. The summed E-state index contributed by atoms with van der Waals surface area (Å²) in [4.78, 5) is 11.7. The first-order valence-corrected chi connectivity index (χ1v) is 10.0. The summed E-state index contributed by atoms with van der Waals surface area (Å²) in [7, 11) is 3.07. The van der Waals surface area contributed by atoms with E-state index >= 15 is 0 Å². The molecule has 0 bridgehead atoms. The monoisotopic (exact) mass is 393 g/mol. The lowest BCUT2D eigenvalue weighted by molar-refractivity contribution is -0.139. The van der Waals surface area contributed by atoms with E-state index < -0.39 is 0 Å². The highest BCUT2D eigenvalue weighted by molar-refractivity contribution is 5.77. The molecule has 1 saturated heterocycles. The Kier molecular flexibility index (Phi) is 5.69. The molecule has 0 radical (unpaired) electrons. The lowest BCUT2D eigenvalue weighted by Crippen LogP contribution is -2.47. The first-order valence-electron chi connectivity index (χ1n) is 10.0. The Hall–Kier alpha value is -2.63. The van der Waals surface area contributed by atoms with E-state index in [9.17, 15) is 4.79 Å². The van der Waals surface area contributed by atoms with Crippen LogP contribution in [0.1, 0.15) is 35.6 Å². The summed E-state index contributed by atoms with van der Waals surface area (Å²) in [5.41, 5.74) is 3.83. The molecule has 1 fully saturated rings. The number of esters is 1. The minimum Gasteiger partial charge on any atom is -0.496 e. The highest BCUT2D eigenvalue weighted by Gasteiger charge is 2.44. The van der Waals surface area contributed by atoms with Gasteiger partial charge in [-0.3, -0.25) is 4.79 Å². The number of nitrogens with one attached hydrogen (secondary N) is 1. The Morgan fingerprint density at radius 3 is 2.79 bits per heavy atom. The van der Waals surface area contributed by atoms with E-state index in [1.165, 1.54) is 12.7 Å². The predicted octanol–water partition coefficient (Wildman–Crippen LogP) is 3.69. The first-order chi connectivity index (χ1) is 14.1. The maximum atomic E-state index is 11.7. The lowest BCUT2D eigenvalue weighted by Gasteiger charge is -2.40. The zero-order chi connectivity index (χ0) is 20.3. The molecule has 1 N–H and O–H groups in total. The van der Waals surface area contributed by atoms with Crippen molar-refractivity contribution in [3.05, 3.63) is 71.3 Å². The number of rotatable bonds is 5. The molecule has 4 rings (SSSR count). The summed E-state index contributed by atoms with van der Waals surface area (Å²) in [5, 5.41) is 3.65. The first kappa shape index (κ1) is 19.7. The van der Waals surface area contributed by atoms with Crippen molar-refractivity contribution in [3.8, 4) is 5.75 Å². The number of piperidine rings is 1. The highest BCUT2D eigenvalue weighted by Crippen LogP contribution is 2.45. The number of benzene rings is 2. The molecule has 2 aromatic carbocycles. The third kappa shape index (κ3) is 3.93. The van der Waals surface area contributed by atoms with Crippen molar-refractivity contribution in [1.29, 1.82) is 0 Å². The van der Waals surface area contributed by atoms with E-state index in [4.69, 9.17) is 14.2 Å². The molecule has 2 atom stereocenters. The number of hydrogen-bond acceptors (Lipinski definition) is 5. The standard InChI is InChI=1S/C24H27NO4/c1-27-21-10-9-17(14-22(26)28-2)13-20(21)19-15-24(29-16-19)11-6-12-25-23(24)18-7-4-3-5-8-18/h3-5,7-10,13,15,23,25H,6,11-12,14,16H2,1-2H3/t23-,24+/m0/s1. The van der Waals surface area contributed by atoms with Gasteiger partial charge < -0.3 is 19.5 Å². The van der Waals surface area contributed by atoms with Gasteiger partial charge in [0.2, 0.25) is 0 Å². The fraction of sp³-hybridized carbons (Fsp3) is 0.375. The van der Waals surface area contributed by atoms with Crippen molar-refractivity contribution in [3.63, 3.8) is 0 Å². The summed E-state index contributed by atoms with van der Waals surface area (Å²) in [6.07, 6.45) is 4.53. The van der Waals surface area contributed by atoms with Crippen LogP contribution < -0.4 is 10.1 Å². The molecule has 152 valence electrons. The molecule has 2 heterocycles. The van der Waals surface area contributed by atoms with Crippen LogP contribution in [0.15, 0.2) is 54.6 Å². The molecule has 0 saturated carbocycles. The molecule has 29 heavy (non-hydrogen) atoms. The molecular formula is C24H27NO4. The molecule has 0 aliphatic carbocycles. The average Bonchev–Trinajstić information content (AvgIpc) is 3.18. The van der Waals surface area contributed by atoms with Crippen molar-refractivity contribution in [2.45, 2.75) is 30.9 Å². The third-order valence-electron chi connectivity index (χ3n) is 5.82. The highest BCUT2D eigenvalue weighted by atomic mass is 16.5.